The van der Waals surface area contributed by atoms with Crippen molar-refractivity contribution in [1.29, 1.82) is 0 Å². The number of hydrogen-bond acceptors (Lipinski definition) is 4. The lowest BCUT2D eigenvalue weighted by Gasteiger charge is -2.20. The van der Waals surface area contributed by atoms with Crippen molar-refractivity contribution in [3.8, 4) is 0 Å². The Hall–Kier alpha value is -0.810. The third-order valence-electron chi connectivity index (χ3n) is 3.33. The summed E-state index contributed by atoms with van der Waals surface area (Å²) >= 11 is 0. The highest BCUT2D eigenvalue weighted by Crippen LogP contribution is 2.11. The van der Waals surface area contributed by atoms with E-state index in [1.807, 2.05) is 6.92 Å². The monoisotopic (exact) mass is 290 g/mol. The molecule has 20 heavy (non-hydrogen) atoms. The first-order valence-corrected chi connectivity index (χ1v) is 7.64. The minimum atomic E-state index is -1.25. The molecule has 0 radical (unpaired) electrons. The molecule has 0 aliphatic rings. The SMILES string of the molecule is CCCCCCCC(COC(=O)O)OCC(CC)OC. The zero-order valence-electron chi connectivity index (χ0n) is 13.1. The van der Waals surface area contributed by atoms with Gasteiger partial charge in [-0.05, 0) is 12.8 Å². The lowest BCUT2D eigenvalue weighted by Crippen LogP contribution is -2.27. The van der Waals surface area contributed by atoms with E-state index in [2.05, 4.69) is 11.7 Å². The number of rotatable bonds is 13. The van der Waals surface area contributed by atoms with Gasteiger partial charge in [0.15, 0.2) is 0 Å². The molecule has 120 valence electrons. The molecule has 0 aromatic heterocycles. The summed E-state index contributed by atoms with van der Waals surface area (Å²) in [5.41, 5.74) is 0. The molecule has 0 fully saturated rings. The van der Waals surface area contributed by atoms with Crippen LogP contribution in [0, 0.1) is 0 Å². The standard InChI is InChI=1S/C15H30O5/c1-4-6-7-8-9-10-14(12-20-15(16)17)19-11-13(5-2)18-3/h13-14H,4-12H2,1-3H3,(H,16,17). The van der Waals surface area contributed by atoms with Crippen LogP contribution in [0.5, 0.6) is 0 Å². The molecule has 2 atom stereocenters. The van der Waals surface area contributed by atoms with E-state index >= 15 is 0 Å². The van der Waals surface area contributed by atoms with Crippen molar-refractivity contribution in [1.82, 2.24) is 0 Å². The molecule has 0 aliphatic carbocycles. The molecule has 0 rings (SSSR count). The van der Waals surface area contributed by atoms with Crippen molar-refractivity contribution in [2.24, 2.45) is 0 Å². The van der Waals surface area contributed by atoms with Gasteiger partial charge in [-0.25, -0.2) is 4.79 Å². The number of methoxy groups -OCH3 is 1. The lowest BCUT2D eigenvalue weighted by molar-refractivity contribution is -0.0557. The summed E-state index contributed by atoms with van der Waals surface area (Å²) in [5, 5.41) is 8.57. The minimum absolute atomic E-state index is 0.0578. The number of carbonyl (C=O) groups is 1. The van der Waals surface area contributed by atoms with Crippen LogP contribution in [0.3, 0.4) is 0 Å². The maximum atomic E-state index is 10.5. The molecule has 2 unspecified atom stereocenters. The van der Waals surface area contributed by atoms with Gasteiger partial charge in [-0.3, -0.25) is 0 Å². The summed E-state index contributed by atoms with van der Waals surface area (Å²) in [4.78, 5) is 10.5. The van der Waals surface area contributed by atoms with Crippen LogP contribution in [0.25, 0.3) is 0 Å². The van der Waals surface area contributed by atoms with Gasteiger partial charge >= 0.3 is 6.16 Å². The molecule has 1 N–H and O–H groups in total. The largest absolute Gasteiger partial charge is 0.505 e. The first-order chi connectivity index (χ1) is 9.63. The average Bonchev–Trinajstić information content (AvgIpc) is 2.44. The van der Waals surface area contributed by atoms with Gasteiger partial charge in [0.25, 0.3) is 0 Å². The van der Waals surface area contributed by atoms with Crippen molar-refractivity contribution in [2.75, 3.05) is 20.3 Å². The van der Waals surface area contributed by atoms with E-state index in [0.29, 0.717) is 6.61 Å². The predicted molar refractivity (Wildman–Crippen MR) is 78.2 cm³/mol. The van der Waals surface area contributed by atoms with Crippen LogP contribution in [0.4, 0.5) is 4.79 Å². The molecule has 0 saturated carbocycles. The van der Waals surface area contributed by atoms with Gasteiger partial charge < -0.3 is 19.3 Å². The Balaban J connectivity index is 3.96. The Morgan fingerprint density at radius 1 is 1.05 bits per heavy atom. The zero-order chi connectivity index (χ0) is 15.2. The molecule has 0 aromatic carbocycles. The van der Waals surface area contributed by atoms with Gasteiger partial charge in [-0.1, -0.05) is 46.0 Å². The van der Waals surface area contributed by atoms with Crippen LogP contribution >= 0.6 is 0 Å². The van der Waals surface area contributed by atoms with E-state index < -0.39 is 6.16 Å². The molecule has 5 nitrogen and oxygen atoms in total. The summed E-state index contributed by atoms with van der Waals surface area (Å²) in [5.74, 6) is 0. The second-order valence-electron chi connectivity index (χ2n) is 5.00. The van der Waals surface area contributed by atoms with Crippen LogP contribution in [-0.2, 0) is 14.2 Å². The van der Waals surface area contributed by atoms with E-state index in [1.165, 1.54) is 19.3 Å². The molecule has 5 heteroatoms. The van der Waals surface area contributed by atoms with E-state index in [1.54, 1.807) is 7.11 Å². The highest BCUT2D eigenvalue weighted by Gasteiger charge is 2.14. The first kappa shape index (κ1) is 19.2. The maximum Gasteiger partial charge on any atom is 0.505 e. The zero-order valence-corrected chi connectivity index (χ0v) is 13.1. The number of ether oxygens (including phenoxy) is 3. The fourth-order valence-electron chi connectivity index (χ4n) is 1.95. The Morgan fingerprint density at radius 2 is 1.75 bits per heavy atom. The van der Waals surface area contributed by atoms with E-state index in [4.69, 9.17) is 14.6 Å². The Morgan fingerprint density at radius 3 is 2.30 bits per heavy atom. The van der Waals surface area contributed by atoms with Crippen molar-refractivity contribution >= 4 is 6.16 Å². The second kappa shape index (κ2) is 13.2. The van der Waals surface area contributed by atoms with Gasteiger partial charge in [-0.2, -0.15) is 0 Å². The highest BCUT2D eigenvalue weighted by molar-refractivity contribution is 5.56. The number of unbranched alkanes of at least 4 members (excludes halogenated alkanes) is 4. The maximum absolute atomic E-state index is 10.5. The van der Waals surface area contributed by atoms with Crippen molar-refractivity contribution in [3.05, 3.63) is 0 Å². The van der Waals surface area contributed by atoms with Crippen LogP contribution in [0.2, 0.25) is 0 Å². The molecule has 0 heterocycles. The van der Waals surface area contributed by atoms with Gasteiger partial charge in [0.05, 0.1) is 18.8 Å². The van der Waals surface area contributed by atoms with Crippen LogP contribution < -0.4 is 0 Å². The summed E-state index contributed by atoms with van der Waals surface area (Å²) in [7, 11) is 1.66. The molecular weight excluding hydrogens is 260 g/mol. The summed E-state index contributed by atoms with van der Waals surface area (Å²) in [6, 6.07) is 0. The van der Waals surface area contributed by atoms with Gasteiger partial charge in [0.2, 0.25) is 0 Å². The smallest absolute Gasteiger partial charge is 0.450 e. The normalized spacial score (nSPS) is 13.9. The van der Waals surface area contributed by atoms with E-state index in [-0.39, 0.29) is 18.8 Å². The number of hydrogen-bond donors (Lipinski definition) is 1. The molecule has 0 aromatic rings. The summed E-state index contributed by atoms with van der Waals surface area (Å²) < 4.78 is 15.6. The quantitative estimate of drug-likeness (QED) is 0.412. The summed E-state index contributed by atoms with van der Waals surface area (Å²) in [6.45, 7) is 4.80. The number of carboxylic acid groups (broad SMARTS) is 1. The molecule has 0 spiro atoms. The Bertz CT molecular complexity index is 228. The van der Waals surface area contributed by atoms with Crippen LogP contribution in [0.1, 0.15) is 58.8 Å². The highest BCUT2D eigenvalue weighted by atomic mass is 16.7. The molecule has 0 saturated heterocycles. The molecule has 0 amide bonds. The van der Waals surface area contributed by atoms with Crippen molar-refractivity contribution in [2.45, 2.75) is 71.0 Å². The van der Waals surface area contributed by atoms with Gasteiger partial charge in [-0.15, -0.1) is 0 Å². The van der Waals surface area contributed by atoms with Crippen molar-refractivity contribution < 1.29 is 24.1 Å². The predicted octanol–water partition coefficient (Wildman–Crippen LogP) is 3.85. The molecular formula is C15H30O5. The van der Waals surface area contributed by atoms with Crippen LogP contribution in [-0.4, -0.2) is 43.8 Å². The van der Waals surface area contributed by atoms with Crippen LogP contribution in [0.15, 0.2) is 0 Å². The third kappa shape index (κ3) is 11.1. The molecule has 0 bridgehead atoms. The van der Waals surface area contributed by atoms with Crippen molar-refractivity contribution in [3.63, 3.8) is 0 Å². The fraction of sp³-hybridized carbons (Fsp3) is 0.933. The third-order valence-corrected chi connectivity index (χ3v) is 3.33. The topological polar surface area (TPSA) is 65.0 Å². The minimum Gasteiger partial charge on any atom is -0.450 e. The van der Waals surface area contributed by atoms with Gasteiger partial charge in [0, 0.05) is 7.11 Å². The summed E-state index contributed by atoms with van der Waals surface area (Å²) in [6.07, 6.45) is 6.23. The van der Waals surface area contributed by atoms with E-state index in [9.17, 15) is 4.79 Å². The second-order valence-corrected chi connectivity index (χ2v) is 5.00. The van der Waals surface area contributed by atoms with Gasteiger partial charge in [0.1, 0.15) is 6.61 Å². The van der Waals surface area contributed by atoms with E-state index in [0.717, 1.165) is 25.7 Å². The Labute approximate surface area is 122 Å². The molecule has 0 aliphatic heterocycles. The fourth-order valence-corrected chi connectivity index (χ4v) is 1.95. The average molecular weight is 290 g/mol. The lowest BCUT2D eigenvalue weighted by atomic mass is 10.1. The first-order valence-electron chi connectivity index (χ1n) is 7.64. The Kier molecular flexibility index (Phi) is 12.7.